The lowest BCUT2D eigenvalue weighted by Crippen LogP contribution is -2.49. The Hall–Kier alpha value is -2.31. The maximum atomic E-state index is 15.4. The summed E-state index contributed by atoms with van der Waals surface area (Å²) in [7, 11) is -0.592. The van der Waals surface area contributed by atoms with Crippen LogP contribution in [-0.4, -0.2) is 17.8 Å². The van der Waals surface area contributed by atoms with Crippen LogP contribution >= 0.6 is 11.8 Å². The van der Waals surface area contributed by atoms with Gasteiger partial charge in [-0.05, 0) is 104 Å². The van der Waals surface area contributed by atoms with E-state index < -0.39 is 22.1 Å². The molecule has 4 aliphatic rings. The smallest absolute Gasteiger partial charge is 0.393 e. The average molecular weight is 538 g/mol. The molecule has 0 spiro atoms. The average Bonchev–Trinajstić information content (AvgIpc) is 2.89. The van der Waals surface area contributed by atoms with Crippen molar-refractivity contribution >= 4 is 28.6 Å². The number of hydrogen-bond donors (Lipinski definition) is 0. The van der Waals surface area contributed by atoms with Crippen molar-refractivity contribution in [2.24, 2.45) is 23.2 Å². The predicted octanol–water partition coefficient (Wildman–Crippen LogP) is 8.23. The van der Waals surface area contributed by atoms with Crippen LogP contribution in [0.4, 0.5) is 8.78 Å². The van der Waals surface area contributed by atoms with Crippen LogP contribution in [-0.2, 0) is 20.4 Å². The zero-order valence-corrected chi connectivity index (χ0v) is 22.3. The molecule has 0 heterocycles. The number of carbonyl (C=O) groups excluding carboxylic acids is 1. The minimum absolute atomic E-state index is 0.0871. The Kier molecular flexibility index (Phi) is 6.83. The lowest BCUT2D eigenvalue weighted by molar-refractivity contribution is -0.170. The molecule has 37 heavy (non-hydrogen) atoms. The van der Waals surface area contributed by atoms with Crippen molar-refractivity contribution in [1.29, 1.82) is 0 Å². The van der Waals surface area contributed by atoms with Gasteiger partial charge in [0.25, 0.3) is 0 Å². The number of carbonyl (C=O) groups is 1. The summed E-state index contributed by atoms with van der Waals surface area (Å²) in [6.45, 7) is 0.130. The van der Waals surface area contributed by atoms with Crippen molar-refractivity contribution in [3.05, 3.63) is 84.9 Å². The van der Waals surface area contributed by atoms with E-state index in [1.165, 1.54) is 19.3 Å². The van der Waals surface area contributed by atoms with Gasteiger partial charge in [0.15, 0.2) is 14.7 Å². The monoisotopic (exact) mass is 537 g/mol. The van der Waals surface area contributed by atoms with Crippen LogP contribution in [0.5, 0.6) is 0 Å². The number of thioether (sulfide) groups is 1. The summed E-state index contributed by atoms with van der Waals surface area (Å²) in [5, 5.41) is -3.67. The van der Waals surface area contributed by atoms with Crippen LogP contribution in [0.1, 0.15) is 38.5 Å². The molecule has 0 aromatic heterocycles. The molecule has 0 N–H and O–H groups in total. The van der Waals surface area contributed by atoms with E-state index in [1.54, 1.807) is 12.1 Å². The maximum absolute atomic E-state index is 15.4. The van der Waals surface area contributed by atoms with Gasteiger partial charge < -0.3 is 4.74 Å². The molecule has 4 bridgehead atoms. The Morgan fingerprint density at radius 2 is 1.30 bits per heavy atom. The summed E-state index contributed by atoms with van der Waals surface area (Å²) >= 11 is 0.314. The highest BCUT2D eigenvalue weighted by Gasteiger charge is 2.53. The first-order chi connectivity index (χ1) is 17.9. The molecule has 0 aliphatic heterocycles. The fourth-order valence-corrected chi connectivity index (χ4v) is 10.4. The summed E-state index contributed by atoms with van der Waals surface area (Å²) < 4.78 is 36.2. The first-order valence-electron chi connectivity index (χ1n) is 13.1. The van der Waals surface area contributed by atoms with Crippen molar-refractivity contribution in [1.82, 2.24) is 0 Å². The van der Waals surface area contributed by atoms with E-state index in [9.17, 15) is 4.79 Å². The molecule has 0 saturated heterocycles. The minimum Gasteiger partial charge on any atom is -0.460 e. The van der Waals surface area contributed by atoms with Crippen molar-refractivity contribution < 1.29 is 18.3 Å². The zero-order valence-electron chi connectivity index (χ0n) is 20.7. The Balaban J connectivity index is 1.22. The van der Waals surface area contributed by atoms with Crippen LogP contribution < -0.4 is 0 Å². The Morgan fingerprint density at radius 1 is 0.811 bits per heavy atom. The molecular weight excluding hydrogens is 506 g/mol. The summed E-state index contributed by atoms with van der Waals surface area (Å²) in [4.78, 5) is 16.0. The SMILES string of the molecule is O=C(OCC12CC3CC(CC(C3)C1)C2)C(F)(F)Sc1ccccc1[S+](c1ccccc1)c1ccccc1. The first kappa shape index (κ1) is 25.0. The van der Waals surface area contributed by atoms with Crippen LogP contribution in [0.15, 0.2) is 105 Å². The van der Waals surface area contributed by atoms with Gasteiger partial charge in [-0.1, -0.05) is 48.5 Å². The molecule has 0 unspecified atom stereocenters. The van der Waals surface area contributed by atoms with E-state index in [4.69, 9.17) is 4.74 Å². The summed E-state index contributed by atoms with van der Waals surface area (Å²) in [5.41, 5.74) is -0.0871. The van der Waals surface area contributed by atoms with Gasteiger partial charge in [-0.25, -0.2) is 4.79 Å². The van der Waals surface area contributed by atoms with Gasteiger partial charge in [0.1, 0.15) is 10.9 Å². The molecule has 2 nitrogen and oxygen atoms in total. The summed E-state index contributed by atoms with van der Waals surface area (Å²) in [5.74, 6) is 0.629. The van der Waals surface area contributed by atoms with E-state index >= 15 is 8.78 Å². The van der Waals surface area contributed by atoms with E-state index in [1.807, 2.05) is 72.8 Å². The molecule has 7 rings (SSSR count). The Morgan fingerprint density at radius 3 is 1.84 bits per heavy atom. The van der Waals surface area contributed by atoms with Gasteiger partial charge in [-0.3, -0.25) is 0 Å². The third-order valence-corrected chi connectivity index (χ3v) is 11.6. The fourth-order valence-electron chi connectivity index (χ4n) is 7.16. The van der Waals surface area contributed by atoms with Crippen LogP contribution in [0.25, 0.3) is 0 Å². The number of halogens is 2. The third kappa shape index (κ3) is 5.20. The van der Waals surface area contributed by atoms with Gasteiger partial charge in [-0.15, -0.1) is 0 Å². The van der Waals surface area contributed by atoms with Crippen LogP contribution in [0.3, 0.4) is 0 Å². The number of ether oxygens (including phenoxy) is 1. The second kappa shape index (κ2) is 10.1. The third-order valence-electron chi connectivity index (χ3n) is 8.18. The molecule has 4 saturated carbocycles. The second-order valence-electron chi connectivity index (χ2n) is 11.0. The van der Waals surface area contributed by atoms with Gasteiger partial charge in [0.05, 0.1) is 11.5 Å². The number of esters is 1. The largest absolute Gasteiger partial charge is 0.460 e. The van der Waals surface area contributed by atoms with Crippen LogP contribution in [0.2, 0.25) is 0 Å². The lowest BCUT2D eigenvalue weighted by Gasteiger charge is -2.56. The van der Waals surface area contributed by atoms with Gasteiger partial charge >= 0.3 is 11.2 Å². The summed E-state index contributed by atoms with van der Waals surface area (Å²) in [6.07, 6.45) is 6.85. The van der Waals surface area contributed by atoms with E-state index in [0.717, 1.165) is 33.9 Å². The molecule has 4 fully saturated rings. The van der Waals surface area contributed by atoms with Crippen molar-refractivity contribution in [3.63, 3.8) is 0 Å². The number of hydrogen-bond acceptors (Lipinski definition) is 3. The topological polar surface area (TPSA) is 26.3 Å². The van der Waals surface area contributed by atoms with E-state index in [0.29, 0.717) is 34.4 Å². The van der Waals surface area contributed by atoms with Gasteiger partial charge in [0, 0.05) is 5.41 Å². The highest BCUT2D eigenvalue weighted by molar-refractivity contribution is 8.02. The maximum Gasteiger partial charge on any atom is 0.393 e. The molecule has 6 heteroatoms. The van der Waals surface area contributed by atoms with Crippen molar-refractivity contribution in [2.45, 2.75) is 63.4 Å². The minimum atomic E-state index is -3.67. The molecule has 0 radical (unpaired) electrons. The highest BCUT2D eigenvalue weighted by atomic mass is 32.2. The molecule has 3 aromatic carbocycles. The van der Waals surface area contributed by atoms with Crippen molar-refractivity contribution in [2.75, 3.05) is 6.61 Å². The van der Waals surface area contributed by atoms with Gasteiger partial charge in [-0.2, -0.15) is 8.78 Å². The van der Waals surface area contributed by atoms with E-state index in [-0.39, 0.29) is 12.0 Å². The normalized spacial score (nSPS) is 26.4. The second-order valence-corrected chi connectivity index (χ2v) is 14.1. The molecule has 0 atom stereocenters. The number of alkyl halides is 2. The number of rotatable bonds is 8. The Bertz CT molecular complexity index is 1170. The fraction of sp³-hybridized carbons (Fsp3) is 0.387. The van der Waals surface area contributed by atoms with Crippen molar-refractivity contribution in [3.8, 4) is 0 Å². The highest BCUT2D eigenvalue weighted by Crippen LogP contribution is 2.60. The van der Waals surface area contributed by atoms with Crippen LogP contribution in [0, 0.1) is 23.2 Å². The standard InChI is InChI=1S/C31H31F2O2S2/c32-31(33,29(34)35-21-30-18-22-15-23(19-30)17-24(16-22)20-30)36-27-13-7-8-14-28(27)37(25-9-3-1-4-10-25)26-11-5-2-6-12-26/h1-14,22-24H,15-21H2/q+1. The Labute approximate surface area is 224 Å². The summed E-state index contributed by atoms with van der Waals surface area (Å²) in [6, 6.07) is 27.0. The number of benzene rings is 3. The molecule has 4 aliphatic carbocycles. The molecule has 0 amide bonds. The quantitative estimate of drug-likeness (QED) is 0.164. The molecular formula is C31H31F2O2S2+. The molecule has 3 aromatic rings. The predicted molar refractivity (Wildman–Crippen MR) is 144 cm³/mol. The van der Waals surface area contributed by atoms with E-state index in [2.05, 4.69) is 0 Å². The zero-order chi connectivity index (χ0) is 25.5. The molecule has 192 valence electrons. The first-order valence-corrected chi connectivity index (χ1v) is 15.1. The van der Waals surface area contributed by atoms with Gasteiger partial charge in [0.2, 0.25) is 0 Å². The lowest BCUT2D eigenvalue weighted by atomic mass is 9.50.